The first kappa shape index (κ1) is 8.53. The second-order valence-electron chi connectivity index (χ2n) is 2.33. The highest BCUT2D eigenvalue weighted by atomic mass is 15.2. The molecular formula is C10H12N2. The number of benzene rings is 1. The number of aryl methyl sites for hydroxylation is 1. The van der Waals surface area contributed by atoms with Gasteiger partial charge in [0.05, 0.1) is 0 Å². The highest BCUT2D eigenvalue weighted by molar-refractivity contribution is 4.99. The first-order valence-electron chi connectivity index (χ1n) is 3.83. The molecule has 2 rings (SSSR count). The number of rotatable bonds is 0. The van der Waals surface area contributed by atoms with Crippen molar-refractivity contribution in [1.29, 1.82) is 0 Å². The van der Waals surface area contributed by atoms with Crippen molar-refractivity contribution in [2.45, 2.75) is 0 Å². The molecule has 0 bridgehead atoms. The molecule has 0 saturated carbocycles. The molecule has 2 aromatic rings. The molecule has 0 N–H and O–H groups in total. The van der Waals surface area contributed by atoms with Gasteiger partial charge in [-0.15, -0.1) is 0 Å². The normalized spacial score (nSPS) is 8.42. The van der Waals surface area contributed by atoms with E-state index in [1.165, 1.54) is 0 Å². The molecule has 12 heavy (non-hydrogen) atoms. The summed E-state index contributed by atoms with van der Waals surface area (Å²) in [5.41, 5.74) is 0. The molecule has 1 aromatic carbocycles. The van der Waals surface area contributed by atoms with Crippen molar-refractivity contribution >= 4 is 0 Å². The van der Waals surface area contributed by atoms with E-state index in [-0.39, 0.29) is 0 Å². The highest BCUT2D eigenvalue weighted by Crippen LogP contribution is 1.79. The molecule has 0 unspecified atom stereocenters. The number of hydrogen-bond acceptors (Lipinski definition) is 1. The predicted octanol–water partition coefficient (Wildman–Crippen LogP) is 2.11. The van der Waals surface area contributed by atoms with Gasteiger partial charge in [0.1, 0.15) is 0 Å². The van der Waals surface area contributed by atoms with E-state index in [1.54, 1.807) is 10.9 Å². The molecule has 0 saturated heterocycles. The molecule has 0 fully saturated rings. The monoisotopic (exact) mass is 160 g/mol. The smallest absolute Gasteiger partial charge is 0.0489 e. The van der Waals surface area contributed by atoms with Crippen LogP contribution in [0, 0.1) is 0 Å². The zero-order chi connectivity index (χ0) is 8.65. The lowest BCUT2D eigenvalue weighted by Gasteiger charge is -1.77. The molecule has 2 nitrogen and oxygen atoms in total. The van der Waals surface area contributed by atoms with E-state index in [2.05, 4.69) is 5.10 Å². The molecule has 0 atom stereocenters. The molecule has 2 heteroatoms. The van der Waals surface area contributed by atoms with E-state index in [4.69, 9.17) is 0 Å². The maximum absolute atomic E-state index is 3.83. The van der Waals surface area contributed by atoms with Crippen LogP contribution in [0.2, 0.25) is 0 Å². The molecular weight excluding hydrogens is 148 g/mol. The summed E-state index contributed by atoms with van der Waals surface area (Å²) >= 11 is 0. The third-order valence-corrected chi connectivity index (χ3v) is 1.30. The van der Waals surface area contributed by atoms with E-state index in [0.29, 0.717) is 0 Å². The van der Waals surface area contributed by atoms with Gasteiger partial charge in [-0.2, -0.15) is 5.10 Å². The van der Waals surface area contributed by atoms with Gasteiger partial charge in [0, 0.05) is 19.4 Å². The highest BCUT2D eigenvalue weighted by Gasteiger charge is 1.69. The topological polar surface area (TPSA) is 17.8 Å². The zero-order valence-corrected chi connectivity index (χ0v) is 7.09. The molecule has 0 radical (unpaired) electrons. The Kier molecular flexibility index (Phi) is 3.64. The molecule has 0 aliphatic carbocycles. The summed E-state index contributed by atoms with van der Waals surface area (Å²) in [4.78, 5) is 0. The van der Waals surface area contributed by atoms with Crippen LogP contribution < -0.4 is 0 Å². The Morgan fingerprint density at radius 1 is 0.833 bits per heavy atom. The van der Waals surface area contributed by atoms with Crippen molar-refractivity contribution < 1.29 is 0 Å². The minimum absolute atomic E-state index is 1.75. The Hall–Kier alpha value is -1.57. The summed E-state index contributed by atoms with van der Waals surface area (Å²) in [5.74, 6) is 0. The summed E-state index contributed by atoms with van der Waals surface area (Å²) in [6, 6.07) is 13.9. The fraction of sp³-hybridized carbons (Fsp3) is 0.100. The summed E-state index contributed by atoms with van der Waals surface area (Å²) in [5, 5.41) is 3.83. The Labute approximate surface area is 72.5 Å². The van der Waals surface area contributed by atoms with Crippen LogP contribution in [0.15, 0.2) is 54.9 Å². The summed E-state index contributed by atoms with van der Waals surface area (Å²) < 4.78 is 1.75. The lowest BCUT2D eigenvalue weighted by Crippen LogP contribution is -1.83. The van der Waals surface area contributed by atoms with Gasteiger partial charge in [-0.25, -0.2) is 0 Å². The van der Waals surface area contributed by atoms with Crippen LogP contribution >= 0.6 is 0 Å². The molecule has 0 aliphatic rings. The van der Waals surface area contributed by atoms with E-state index in [1.807, 2.05) is 55.7 Å². The SMILES string of the molecule is Cn1cccn1.c1ccccc1. The average molecular weight is 160 g/mol. The quantitative estimate of drug-likeness (QED) is 0.577. The number of aromatic nitrogens is 2. The predicted molar refractivity (Wildman–Crippen MR) is 49.7 cm³/mol. The minimum Gasteiger partial charge on any atom is -0.276 e. The standard InChI is InChI=1S/C6H6.C4H6N2/c1-2-4-6-5-3-1;1-6-4-2-3-5-6/h1-6H;2-4H,1H3. The molecule has 1 aromatic heterocycles. The summed E-state index contributed by atoms with van der Waals surface area (Å²) in [7, 11) is 1.89. The van der Waals surface area contributed by atoms with Crippen LogP contribution in [0.4, 0.5) is 0 Å². The van der Waals surface area contributed by atoms with Gasteiger partial charge in [0.25, 0.3) is 0 Å². The Morgan fingerprint density at radius 2 is 1.33 bits per heavy atom. The van der Waals surface area contributed by atoms with Crippen molar-refractivity contribution in [1.82, 2.24) is 9.78 Å². The van der Waals surface area contributed by atoms with Gasteiger partial charge in [-0.1, -0.05) is 36.4 Å². The first-order valence-corrected chi connectivity index (χ1v) is 3.83. The van der Waals surface area contributed by atoms with Crippen LogP contribution in [0.5, 0.6) is 0 Å². The maximum atomic E-state index is 3.83. The van der Waals surface area contributed by atoms with Crippen LogP contribution in [-0.2, 0) is 7.05 Å². The number of hydrogen-bond donors (Lipinski definition) is 0. The summed E-state index contributed by atoms with van der Waals surface area (Å²) in [6.07, 6.45) is 3.64. The van der Waals surface area contributed by atoms with Gasteiger partial charge < -0.3 is 0 Å². The molecule has 1 heterocycles. The second-order valence-corrected chi connectivity index (χ2v) is 2.33. The van der Waals surface area contributed by atoms with Crippen molar-refractivity contribution in [2.24, 2.45) is 7.05 Å². The second kappa shape index (κ2) is 5.13. The largest absolute Gasteiger partial charge is 0.276 e. The van der Waals surface area contributed by atoms with Crippen LogP contribution in [0.25, 0.3) is 0 Å². The minimum atomic E-state index is 1.75. The zero-order valence-electron chi connectivity index (χ0n) is 7.09. The number of nitrogens with zero attached hydrogens (tertiary/aromatic N) is 2. The van der Waals surface area contributed by atoms with Crippen molar-refractivity contribution in [3.63, 3.8) is 0 Å². The van der Waals surface area contributed by atoms with Gasteiger partial charge in [-0.3, -0.25) is 4.68 Å². The van der Waals surface area contributed by atoms with Gasteiger partial charge in [-0.05, 0) is 6.07 Å². The van der Waals surface area contributed by atoms with E-state index in [9.17, 15) is 0 Å². The molecule has 0 spiro atoms. The molecule has 0 amide bonds. The first-order chi connectivity index (χ1) is 5.89. The van der Waals surface area contributed by atoms with Crippen LogP contribution in [0.1, 0.15) is 0 Å². The fourth-order valence-electron chi connectivity index (χ4n) is 0.730. The van der Waals surface area contributed by atoms with Crippen LogP contribution in [0.3, 0.4) is 0 Å². The lowest BCUT2D eigenvalue weighted by atomic mass is 10.4. The Bertz CT molecular complexity index is 247. The van der Waals surface area contributed by atoms with Gasteiger partial charge >= 0.3 is 0 Å². The third kappa shape index (κ3) is 3.56. The van der Waals surface area contributed by atoms with E-state index >= 15 is 0 Å². The van der Waals surface area contributed by atoms with Gasteiger partial charge in [0.15, 0.2) is 0 Å². The van der Waals surface area contributed by atoms with E-state index < -0.39 is 0 Å². The maximum Gasteiger partial charge on any atom is 0.0489 e. The Morgan fingerprint density at radius 3 is 1.50 bits per heavy atom. The Balaban J connectivity index is 0.000000120. The van der Waals surface area contributed by atoms with E-state index in [0.717, 1.165) is 0 Å². The van der Waals surface area contributed by atoms with Crippen molar-refractivity contribution in [3.05, 3.63) is 54.9 Å². The molecule has 0 aliphatic heterocycles. The summed E-state index contributed by atoms with van der Waals surface area (Å²) in [6.45, 7) is 0. The van der Waals surface area contributed by atoms with Crippen LogP contribution in [-0.4, -0.2) is 9.78 Å². The fourth-order valence-corrected chi connectivity index (χ4v) is 0.730. The van der Waals surface area contributed by atoms with Crippen molar-refractivity contribution in [3.8, 4) is 0 Å². The molecule has 62 valence electrons. The average Bonchev–Trinajstić information content (AvgIpc) is 2.60. The lowest BCUT2D eigenvalue weighted by molar-refractivity contribution is 0.768. The van der Waals surface area contributed by atoms with Crippen molar-refractivity contribution in [2.75, 3.05) is 0 Å². The van der Waals surface area contributed by atoms with Gasteiger partial charge in [0.2, 0.25) is 0 Å². The third-order valence-electron chi connectivity index (χ3n) is 1.30.